The molecule has 5 nitrogen and oxygen atoms in total. The number of ether oxygens (including phenoxy) is 1. The van der Waals surface area contributed by atoms with E-state index in [1.165, 1.54) is 31.2 Å². The minimum absolute atomic E-state index is 0.0358. The highest BCUT2D eigenvalue weighted by Crippen LogP contribution is 2.37. The van der Waals surface area contributed by atoms with Crippen LogP contribution in [0.25, 0.3) is 0 Å². The van der Waals surface area contributed by atoms with Crippen LogP contribution in [0.3, 0.4) is 0 Å². The van der Waals surface area contributed by atoms with Gasteiger partial charge in [-0.25, -0.2) is 0 Å². The lowest BCUT2D eigenvalue weighted by Gasteiger charge is -2.10. The molecule has 0 saturated carbocycles. The van der Waals surface area contributed by atoms with Crippen molar-refractivity contribution in [2.24, 2.45) is 0 Å². The molecule has 0 fully saturated rings. The number of aliphatic hydroxyl groups is 1. The Morgan fingerprint density at radius 3 is 2.43 bits per heavy atom. The van der Waals surface area contributed by atoms with Crippen molar-refractivity contribution in [2.75, 3.05) is 0 Å². The summed E-state index contributed by atoms with van der Waals surface area (Å²) in [6.45, 7) is 1.52. The van der Waals surface area contributed by atoms with E-state index in [9.17, 15) is 15.2 Å². The van der Waals surface area contributed by atoms with E-state index in [0.717, 1.165) is 0 Å². The Morgan fingerprint density at radius 1 is 1.19 bits per heavy atom. The van der Waals surface area contributed by atoms with Gasteiger partial charge in [0.25, 0.3) is 0 Å². The monoisotopic (exact) mass is 327 g/mol. The lowest BCUT2D eigenvalue weighted by atomic mass is 10.1. The van der Waals surface area contributed by atoms with Crippen LogP contribution in [0.1, 0.15) is 18.6 Å². The molecule has 7 heteroatoms. The lowest BCUT2D eigenvalue weighted by molar-refractivity contribution is -0.385. The molecule has 0 spiro atoms. The number of benzene rings is 2. The van der Waals surface area contributed by atoms with Gasteiger partial charge in [-0.3, -0.25) is 10.1 Å². The molecule has 0 bridgehead atoms. The highest BCUT2D eigenvalue weighted by atomic mass is 35.5. The van der Waals surface area contributed by atoms with Gasteiger partial charge in [0, 0.05) is 11.1 Å². The fourth-order valence-corrected chi connectivity index (χ4v) is 2.15. The van der Waals surface area contributed by atoms with E-state index in [1.54, 1.807) is 12.1 Å². The Balaban J connectivity index is 2.41. The van der Waals surface area contributed by atoms with E-state index in [-0.39, 0.29) is 22.2 Å². The number of halogens is 2. The molecular weight excluding hydrogens is 317 g/mol. The maximum Gasteiger partial charge on any atom is 0.311 e. The van der Waals surface area contributed by atoms with Crippen LogP contribution in [0.2, 0.25) is 10.0 Å². The second kappa shape index (κ2) is 6.30. The second-order valence-corrected chi connectivity index (χ2v) is 5.18. The molecule has 1 atom stereocenters. The Labute approximate surface area is 130 Å². The number of nitro groups is 1. The van der Waals surface area contributed by atoms with Crippen molar-refractivity contribution in [1.82, 2.24) is 0 Å². The smallest absolute Gasteiger partial charge is 0.311 e. The van der Waals surface area contributed by atoms with Crippen LogP contribution in [-0.4, -0.2) is 10.0 Å². The lowest BCUT2D eigenvalue weighted by Crippen LogP contribution is -1.97. The minimum atomic E-state index is -0.808. The Morgan fingerprint density at radius 2 is 1.86 bits per heavy atom. The van der Waals surface area contributed by atoms with Gasteiger partial charge >= 0.3 is 5.69 Å². The largest absolute Gasteiger partial charge is 0.449 e. The van der Waals surface area contributed by atoms with Crippen LogP contribution in [0, 0.1) is 10.1 Å². The molecule has 21 heavy (non-hydrogen) atoms. The van der Waals surface area contributed by atoms with E-state index in [2.05, 4.69) is 0 Å². The highest BCUT2D eigenvalue weighted by molar-refractivity contribution is 6.35. The van der Waals surface area contributed by atoms with Crippen LogP contribution >= 0.6 is 23.2 Å². The molecule has 0 amide bonds. The maximum atomic E-state index is 11.1. The van der Waals surface area contributed by atoms with Gasteiger partial charge in [0.15, 0.2) is 0 Å². The Bertz CT molecular complexity index is 689. The van der Waals surface area contributed by atoms with Crippen LogP contribution < -0.4 is 4.74 Å². The number of nitrogens with zero attached hydrogens (tertiary/aromatic N) is 1. The summed E-state index contributed by atoms with van der Waals surface area (Å²) in [6.07, 6.45) is -0.808. The summed E-state index contributed by atoms with van der Waals surface area (Å²) < 4.78 is 5.48. The molecule has 110 valence electrons. The molecule has 0 aromatic heterocycles. The number of hydrogen-bond acceptors (Lipinski definition) is 4. The van der Waals surface area contributed by atoms with Gasteiger partial charge < -0.3 is 9.84 Å². The minimum Gasteiger partial charge on any atom is -0.449 e. The predicted molar refractivity (Wildman–Crippen MR) is 80.3 cm³/mol. The zero-order valence-corrected chi connectivity index (χ0v) is 12.4. The number of aliphatic hydroxyl groups excluding tert-OH is 1. The normalized spacial score (nSPS) is 12.0. The summed E-state index contributed by atoms with van der Waals surface area (Å²) in [5, 5.41) is 21.3. The summed E-state index contributed by atoms with van der Waals surface area (Å²) in [4.78, 5) is 10.5. The zero-order valence-electron chi connectivity index (χ0n) is 10.9. The molecule has 2 aromatic rings. The summed E-state index contributed by atoms with van der Waals surface area (Å²) >= 11 is 11.8. The van der Waals surface area contributed by atoms with Crippen LogP contribution in [-0.2, 0) is 0 Å². The fraction of sp³-hybridized carbons (Fsp3) is 0.143. The molecule has 1 N–H and O–H groups in total. The van der Waals surface area contributed by atoms with Crippen molar-refractivity contribution in [3.05, 3.63) is 62.1 Å². The molecule has 0 aliphatic carbocycles. The Hall–Kier alpha value is -1.82. The van der Waals surface area contributed by atoms with Crippen molar-refractivity contribution in [3.63, 3.8) is 0 Å². The van der Waals surface area contributed by atoms with Gasteiger partial charge in [-0.15, -0.1) is 0 Å². The number of nitro benzene ring substituents is 1. The van der Waals surface area contributed by atoms with Gasteiger partial charge in [-0.05, 0) is 36.8 Å². The topological polar surface area (TPSA) is 72.6 Å². The zero-order chi connectivity index (χ0) is 15.6. The summed E-state index contributed by atoms with van der Waals surface area (Å²) in [5.74, 6) is 0.294. The highest BCUT2D eigenvalue weighted by Gasteiger charge is 2.19. The predicted octanol–water partition coefficient (Wildman–Crippen LogP) is 4.75. The third kappa shape index (κ3) is 3.64. The van der Waals surface area contributed by atoms with E-state index in [0.29, 0.717) is 10.6 Å². The molecule has 0 aliphatic rings. The van der Waals surface area contributed by atoms with Crippen LogP contribution in [0.4, 0.5) is 5.69 Å². The van der Waals surface area contributed by atoms with Crippen LogP contribution in [0.5, 0.6) is 11.5 Å². The van der Waals surface area contributed by atoms with Crippen molar-refractivity contribution < 1.29 is 14.8 Å². The summed E-state index contributed by atoms with van der Waals surface area (Å²) in [7, 11) is 0. The number of hydrogen-bond donors (Lipinski definition) is 1. The average molecular weight is 328 g/mol. The van der Waals surface area contributed by atoms with Gasteiger partial charge in [-0.1, -0.05) is 29.3 Å². The molecule has 0 heterocycles. The molecule has 1 unspecified atom stereocenters. The quantitative estimate of drug-likeness (QED) is 0.649. The standard InChI is InChI=1S/C14H11Cl2NO4/c1-8(18)9-2-4-14(12(6-9)17(19)20)21-13-5-3-10(15)7-11(13)16/h2-8,18H,1H3. The molecule has 2 rings (SSSR count). The molecule has 0 radical (unpaired) electrons. The third-order valence-corrected chi connectivity index (χ3v) is 3.31. The summed E-state index contributed by atoms with van der Waals surface area (Å²) in [6, 6.07) is 8.82. The van der Waals surface area contributed by atoms with Crippen molar-refractivity contribution in [2.45, 2.75) is 13.0 Å². The third-order valence-electron chi connectivity index (χ3n) is 2.78. The van der Waals surface area contributed by atoms with E-state index < -0.39 is 11.0 Å². The molecular formula is C14H11Cl2NO4. The molecule has 2 aromatic carbocycles. The van der Waals surface area contributed by atoms with Gasteiger partial charge in [0.1, 0.15) is 5.75 Å². The van der Waals surface area contributed by atoms with Crippen molar-refractivity contribution in [1.29, 1.82) is 0 Å². The first kappa shape index (κ1) is 15.6. The number of rotatable bonds is 4. The second-order valence-electron chi connectivity index (χ2n) is 4.34. The van der Waals surface area contributed by atoms with Gasteiger partial charge in [0.05, 0.1) is 16.0 Å². The molecule has 0 saturated heterocycles. The Kier molecular flexibility index (Phi) is 4.67. The van der Waals surface area contributed by atoms with E-state index in [1.807, 2.05) is 0 Å². The first-order valence-corrected chi connectivity index (χ1v) is 6.73. The summed E-state index contributed by atoms with van der Waals surface area (Å²) in [5.41, 5.74) is 0.177. The SMILES string of the molecule is CC(O)c1ccc(Oc2ccc(Cl)cc2Cl)c([N+](=O)[O-])c1. The maximum absolute atomic E-state index is 11.1. The van der Waals surface area contributed by atoms with Gasteiger partial charge in [0.2, 0.25) is 5.75 Å². The van der Waals surface area contributed by atoms with Crippen LogP contribution in [0.15, 0.2) is 36.4 Å². The first-order valence-electron chi connectivity index (χ1n) is 5.98. The van der Waals surface area contributed by atoms with E-state index >= 15 is 0 Å². The molecule has 0 aliphatic heterocycles. The first-order chi connectivity index (χ1) is 9.88. The van der Waals surface area contributed by atoms with E-state index in [4.69, 9.17) is 27.9 Å². The van der Waals surface area contributed by atoms with Gasteiger partial charge in [-0.2, -0.15) is 0 Å². The van der Waals surface area contributed by atoms with Crippen molar-refractivity contribution in [3.8, 4) is 11.5 Å². The van der Waals surface area contributed by atoms with Crippen molar-refractivity contribution >= 4 is 28.9 Å². The average Bonchev–Trinajstić information content (AvgIpc) is 2.41. The fourth-order valence-electron chi connectivity index (χ4n) is 1.70.